The first kappa shape index (κ1) is 8.68. The van der Waals surface area contributed by atoms with E-state index in [1.807, 2.05) is 0 Å². The summed E-state index contributed by atoms with van der Waals surface area (Å²) in [7, 11) is 0. The highest BCUT2D eigenvalue weighted by Crippen LogP contribution is 1.79. The molecule has 0 bridgehead atoms. The van der Waals surface area contributed by atoms with Gasteiger partial charge in [-0.25, -0.2) is 4.79 Å². The van der Waals surface area contributed by atoms with Crippen LogP contribution in [0.5, 0.6) is 0 Å². The Balaban J connectivity index is 3.67. The van der Waals surface area contributed by atoms with E-state index in [9.17, 15) is 9.59 Å². The molecule has 2 N–H and O–H groups in total. The predicted molar refractivity (Wildman–Crippen MR) is 35.0 cm³/mol. The van der Waals surface area contributed by atoms with Crippen LogP contribution in [0.2, 0.25) is 0 Å². The van der Waals surface area contributed by atoms with Crippen molar-refractivity contribution in [1.82, 2.24) is 0 Å². The lowest BCUT2D eigenvalue weighted by Crippen LogP contribution is -2.07. The Kier molecular flexibility index (Phi) is 3.95. The molecular weight excluding hydrogens is 134 g/mol. The minimum absolute atomic E-state index is 0.294. The Morgan fingerprint density at radius 2 is 2.10 bits per heavy atom. The normalized spacial score (nSPS) is 9.70. The molecule has 1 amide bonds. The van der Waals surface area contributed by atoms with Crippen molar-refractivity contribution in [3.8, 4) is 0 Å². The van der Waals surface area contributed by atoms with Gasteiger partial charge in [-0.15, -0.1) is 0 Å². The average Bonchev–Trinajstić information content (AvgIpc) is 1.85. The number of carbonyl (C=O) groups excluding carboxylic acids is 2. The fourth-order valence-electron chi connectivity index (χ4n) is 0.341. The summed E-state index contributed by atoms with van der Waals surface area (Å²) in [5.74, 6) is -1.21. The first-order valence-corrected chi connectivity index (χ1v) is 2.81. The van der Waals surface area contributed by atoms with Gasteiger partial charge in [-0.2, -0.15) is 0 Å². The van der Waals surface area contributed by atoms with Gasteiger partial charge < -0.3 is 10.5 Å². The molecule has 0 aliphatic rings. The molecule has 0 aromatic heterocycles. The van der Waals surface area contributed by atoms with Crippen LogP contribution < -0.4 is 5.73 Å². The van der Waals surface area contributed by atoms with Crippen LogP contribution in [-0.4, -0.2) is 18.5 Å². The maximum atomic E-state index is 10.4. The van der Waals surface area contributed by atoms with E-state index >= 15 is 0 Å². The summed E-state index contributed by atoms with van der Waals surface area (Å²) in [6.07, 6.45) is 1.95. The number of amides is 1. The number of nitrogens with two attached hydrogens (primary N) is 1. The smallest absolute Gasteiger partial charge is 0.330 e. The average molecular weight is 143 g/mol. The largest absolute Gasteiger partial charge is 0.463 e. The summed E-state index contributed by atoms with van der Waals surface area (Å²) in [4.78, 5) is 20.5. The molecule has 0 saturated heterocycles. The van der Waals surface area contributed by atoms with Gasteiger partial charge in [-0.1, -0.05) is 0 Å². The monoisotopic (exact) mass is 143 g/mol. The first-order chi connectivity index (χ1) is 4.66. The lowest BCUT2D eigenvalue weighted by molar-refractivity contribution is -0.137. The Labute approximate surface area is 58.7 Å². The Morgan fingerprint density at radius 3 is 2.50 bits per heavy atom. The highest BCUT2D eigenvalue weighted by Gasteiger charge is 1.92. The van der Waals surface area contributed by atoms with E-state index in [0.717, 1.165) is 12.2 Å². The van der Waals surface area contributed by atoms with Crippen LogP contribution in [-0.2, 0) is 14.3 Å². The number of rotatable bonds is 3. The van der Waals surface area contributed by atoms with E-state index in [0.29, 0.717) is 6.61 Å². The molecule has 4 nitrogen and oxygen atoms in total. The first-order valence-electron chi connectivity index (χ1n) is 2.81. The standard InChI is InChI=1S/C6H9NO3/c1-2-10-6(9)4-3-5(7)8/h3-4H,2H2,1H3,(H2,7,8)/b4-3+. The third-order valence-corrected chi connectivity index (χ3v) is 0.670. The highest BCUT2D eigenvalue weighted by atomic mass is 16.5. The lowest BCUT2D eigenvalue weighted by Gasteiger charge is -1.92. The second-order valence-corrected chi connectivity index (χ2v) is 1.49. The van der Waals surface area contributed by atoms with Gasteiger partial charge in [0.05, 0.1) is 6.61 Å². The molecule has 56 valence electrons. The molecule has 4 heteroatoms. The number of hydrogen-bond acceptors (Lipinski definition) is 3. The SMILES string of the molecule is CCOC(=O)/C=C/C(N)=O. The zero-order valence-electron chi connectivity index (χ0n) is 5.66. The molecule has 0 aromatic rings. The van der Waals surface area contributed by atoms with Crippen LogP contribution in [0.25, 0.3) is 0 Å². The number of primary amides is 1. The summed E-state index contributed by atoms with van der Waals surface area (Å²) in [5.41, 5.74) is 4.70. The fraction of sp³-hybridized carbons (Fsp3) is 0.333. The van der Waals surface area contributed by atoms with Gasteiger partial charge in [0.1, 0.15) is 0 Å². The van der Waals surface area contributed by atoms with E-state index in [2.05, 4.69) is 4.74 Å². The van der Waals surface area contributed by atoms with E-state index in [4.69, 9.17) is 5.73 Å². The van der Waals surface area contributed by atoms with Gasteiger partial charge >= 0.3 is 5.97 Å². The van der Waals surface area contributed by atoms with Crippen LogP contribution in [0.1, 0.15) is 6.92 Å². The van der Waals surface area contributed by atoms with Crippen LogP contribution in [0.3, 0.4) is 0 Å². The molecule has 0 aliphatic heterocycles. The van der Waals surface area contributed by atoms with Crippen LogP contribution in [0.4, 0.5) is 0 Å². The van der Waals surface area contributed by atoms with Crippen molar-refractivity contribution in [2.45, 2.75) is 6.92 Å². The summed E-state index contributed by atoms with van der Waals surface area (Å²) in [6.45, 7) is 1.97. The Hall–Kier alpha value is -1.32. The molecule has 0 saturated carbocycles. The topological polar surface area (TPSA) is 69.4 Å². The molecule has 0 atom stereocenters. The van der Waals surface area contributed by atoms with E-state index in [-0.39, 0.29) is 0 Å². The summed E-state index contributed by atoms with van der Waals surface area (Å²) in [5, 5.41) is 0. The third-order valence-electron chi connectivity index (χ3n) is 0.670. The van der Waals surface area contributed by atoms with Crippen molar-refractivity contribution in [2.24, 2.45) is 5.73 Å². The second-order valence-electron chi connectivity index (χ2n) is 1.49. The molecule has 0 aromatic carbocycles. The van der Waals surface area contributed by atoms with Gasteiger partial charge in [0.15, 0.2) is 0 Å². The predicted octanol–water partition coefficient (Wildman–Crippen LogP) is -0.409. The van der Waals surface area contributed by atoms with Gasteiger partial charge in [-0.3, -0.25) is 4.79 Å². The van der Waals surface area contributed by atoms with Crippen molar-refractivity contribution >= 4 is 11.9 Å². The quantitative estimate of drug-likeness (QED) is 0.431. The molecule has 0 spiro atoms. The second kappa shape index (κ2) is 4.55. The van der Waals surface area contributed by atoms with Crippen molar-refractivity contribution < 1.29 is 14.3 Å². The summed E-state index contributed by atoms with van der Waals surface area (Å²) < 4.78 is 4.46. The van der Waals surface area contributed by atoms with Crippen LogP contribution in [0.15, 0.2) is 12.2 Å². The summed E-state index contributed by atoms with van der Waals surface area (Å²) in [6, 6.07) is 0. The van der Waals surface area contributed by atoms with Gasteiger partial charge in [0, 0.05) is 12.2 Å². The molecule has 0 aliphatic carbocycles. The fourth-order valence-corrected chi connectivity index (χ4v) is 0.341. The zero-order valence-corrected chi connectivity index (χ0v) is 5.66. The van der Waals surface area contributed by atoms with Crippen molar-refractivity contribution in [1.29, 1.82) is 0 Å². The number of ether oxygens (including phenoxy) is 1. The molecule has 0 rings (SSSR count). The maximum absolute atomic E-state index is 10.4. The summed E-state index contributed by atoms with van der Waals surface area (Å²) >= 11 is 0. The number of carbonyl (C=O) groups is 2. The minimum atomic E-state index is -0.659. The van der Waals surface area contributed by atoms with E-state index < -0.39 is 11.9 Å². The molecule has 0 radical (unpaired) electrons. The van der Waals surface area contributed by atoms with E-state index in [1.54, 1.807) is 6.92 Å². The van der Waals surface area contributed by atoms with Crippen molar-refractivity contribution in [2.75, 3.05) is 6.61 Å². The molecular formula is C6H9NO3. The Bertz CT molecular complexity index is 162. The van der Waals surface area contributed by atoms with Crippen LogP contribution in [0, 0.1) is 0 Å². The van der Waals surface area contributed by atoms with Crippen LogP contribution >= 0.6 is 0 Å². The van der Waals surface area contributed by atoms with Gasteiger partial charge in [0.25, 0.3) is 0 Å². The molecule has 0 heterocycles. The van der Waals surface area contributed by atoms with Crippen molar-refractivity contribution in [3.05, 3.63) is 12.2 Å². The number of esters is 1. The highest BCUT2D eigenvalue weighted by molar-refractivity contribution is 5.93. The molecule has 10 heavy (non-hydrogen) atoms. The van der Waals surface area contributed by atoms with E-state index in [1.165, 1.54) is 0 Å². The van der Waals surface area contributed by atoms with Crippen molar-refractivity contribution in [3.63, 3.8) is 0 Å². The molecule has 0 unspecified atom stereocenters. The van der Waals surface area contributed by atoms with Gasteiger partial charge in [-0.05, 0) is 6.92 Å². The molecule has 0 fully saturated rings. The minimum Gasteiger partial charge on any atom is -0.463 e. The third kappa shape index (κ3) is 4.83. The number of hydrogen-bond donors (Lipinski definition) is 1. The maximum Gasteiger partial charge on any atom is 0.330 e. The lowest BCUT2D eigenvalue weighted by atomic mass is 10.5. The zero-order chi connectivity index (χ0) is 7.98. The van der Waals surface area contributed by atoms with Gasteiger partial charge in [0.2, 0.25) is 5.91 Å². The Morgan fingerprint density at radius 1 is 1.50 bits per heavy atom.